The van der Waals surface area contributed by atoms with E-state index in [1.165, 1.54) is 0 Å². The molecule has 2 aromatic rings. The van der Waals surface area contributed by atoms with Crippen LogP contribution in [0.5, 0.6) is 5.88 Å². The first-order valence-electron chi connectivity index (χ1n) is 6.20. The number of thiophene rings is 1. The molecule has 98 valence electrons. The quantitative estimate of drug-likeness (QED) is 0.903. The van der Waals surface area contributed by atoms with Crippen molar-refractivity contribution >= 4 is 21.6 Å². The Balaban J connectivity index is 2.22. The maximum Gasteiger partial charge on any atom is 0.234 e. The predicted molar refractivity (Wildman–Crippen MR) is 75.1 cm³/mol. The topological polar surface area (TPSA) is 61.0 Å². The summed E-state index contributed by atoms with van der Waals surface area (Å²) in [5.74, 6) is 0.648. The van der Waals surface area contributed by atoms with Gasteiger partial charge in [-0.2, -0.15) is 0 Å². The molecule has 0 spiro atoms. The second-order valence-electron chi connectivity index (χ2n) is 4.63. The molecule has 0 saturated heterocycles. The lowest BCUT2D eigenvalue weighted by atomic mass is 9.96. The molecule has 2 heterocycles. The maximum absolute atomic E-state index is 6.23. The summed E-state index contributed by atoms with van der Waals surface area (Å²) in [5.41, 5.74) is 8.09. The Morgan fingerprint density at radius 2 is 2.06 bits per heavy atom. The number of fused-ring (bicyclic) bond motifs is 1. The lowest BCUT2D eigenvalue weighted by Crippen LogP contribution is -2.44. The van der Waals surface area contributed by atoms with Gasteiger partial charge in [-0.3, -0.25) is 0 Å². The first kappa shape index (κ1) is 13.2. The molecule has 0 aliphatic carbocycles. The normalized spacial score (nSPS) is 12.0. The predicted octanol–water partition coefficient (Wildman–Crippen LogP) is 2.90. The van der Waals surface area contributed by atoms with Gasteiger partial charge in [0, 0.05) is 5.54 Å². The van der Waals surface area contributed by atoms with E-state index in [1.807, 2.05) is 6.92 Å². The molecule has 0 radical (unpaired) electrons. The van der Waals surface area contributed by atoms with Gasteiger partial charge < -0.3 is 10.5 Å². The van der Waals surface area contributed by atoms with E-state index in [-0.39, 0.29) is 5.54 Å². The molecule has 0 amide bonds. The van der Waals surface area contributed by atoms with Crippen LogP contribution in [0.4, 0.5) is 0 Å². The largest absolute Gasteiger partial charge is 0.475 e. The fraction of sp³-hybridized carbons (Fsp3) is 0.538. The molecule has 0 saturated carbocycles. The molecule has 0 unspecified atom stereocenters. The molecule has 0 fully saturated rings. The highest BCUT2D eigenvalue weighted by Gasteiger charge is 2.22. The zero-order chi connectivity index (χ0) is 13.2. The van der Waals surface area contributed by atoms with Crippen LogP contribution in [0.25, 0.3) is 10.2 Å². The third-order valence-corrected chi connectivity index (χ3v) is 4.48. The summed E-state index contributed by atoms with van der Waals surface area (Å²) in [5, 5.41) is 2.07. The fourth-order valence-corrected chi connectivity index (χ4v) is 2.66. The summed E-state index contributed by atoms with van der Waals surface area (Å²) < 4.78 is 6.82. The zero-order valence-corrected chi connectivity index (χ0v) is 11.9. The van der Waals surface area contributed by atoms with Crippen LogP contribution in [0.2, 0.25) is 0 Å². The summed E-state index contributed by atoms with van der Waals surface area (Å²) in [6.45, 7) is 6.69. The number of ether oxygens (including phenoxy) is 1. The monoisotopic (exact) mass is 265 g/mol. The average molecular weight is 265 g/mol. The summed E-state index contributed by atoms with van der Waals surface area (Å²) in [6.07, 6.45) is 3.33. The zero-order valence-electron chi connectivity index (χ0n) is 11.1. The molecule has 0 aliphatic rings. The smallest absolute Gasteiger partial charge is 0.234 e. The molecule has 0 bridgehead atoms. The van der Waals surface area contributed by atoms with Crippen molar-refractivity contribution in [2.45, 2.75) is 39.2 Å². The van der Waals surface area contributed by atoms with Crippen molar-refractivity contribution in [3.05, 3.63) is 17.3 Å². The second-order valence-corrected chi connectivity index (χ2v) is 5.51. The Hall–Kier alpha value is -1.20. The minimum Gasteiger partial charge on any atom is -0.475 e. The van der Waals surface area contributed by atoms with Crippen molar-refractivity contribution in [2.24, 2.45) is 5.73 Å². The number of hydrogen-bond donors (Lipinski definition) is 1. The Labute approximate surface area is 111 Å². The molecule has 4 nitrogen and oxygen atoms in total. The highest BCUT2D eigenvalue weighted by molar-refractivity contribution is 7.17. The highest BCUT2D eigenvalue weighted by Crippen LogP contribution is 2.30. The van der Waals surface area contributed by atoms with Crippen molar-refractivity contribution in [1.29, 1.82) is 0 Å². The van der Waals surface area contributed by atoms with Gasteiger partial charge in [-0.15, -0.1) is 11.3 Å². The highest BCUT2D eigenvalue weighted by atomic mass is 32.1. The Bertz CT molecular complexity index is 534. The van der Waals surface area contributed by atoms with Gasteiger partial charge in [0.05, 0.1) is 5.52 Å². The van der Waals surface area contributed by atoms with E-state index in [9.17, 15) is 0 Å². The number of aryl methyl sites for hydroxylation is 1. The van der Waals surface area contributed by atoms with Crippen molar-refractivity contribution < 1.29 is 4.74 Å². The Morgan fingerprint density at radius 1 is 1.33 bits per heavy atom. The van der Waals surface area contributed by atoms with Crippen LogP contribution in [0.15, 0.2) is 11.7 Å². The van der Waals surface area contributed by atoms with Crippen LogP contribution in [0.1, 0.15) is 32.3 Å². The number of nitrogens with zero attached hydrogens (tertiary/aromatic N) is 2. The van der Waals surface area contributed by atoms with Gasteiger partial charge in [0.2, 0.25) is 5.88 Å². The standard InChI is InChI=1S/C13H19N3OS/c1-4-13(14,5-2)7-17-12-11-10(15-8-16-12)9(3)6-18-11/h6,8H,4-5,7,14H2,1-3H3. The number of hydrogen-bond acceptors (Lipinski definition) is 5. The van der Waals surface area contributed by atoms with Crippen LogP contribution in [0.3, 0.4) is 0 Å². The molecule has 0 atom stereocenters. The minimum absolute atomic E-state index is 0.274. The van der Waals surface area contributed by atoms with Gasteiger partial charge in [-0.25, -0.2) is 9.97 Å². The van der Waals surface area contributed by atoms with Crippen molar-refractivity contribution in [1.82, 2.24) is 9.97 Å². The van der Waals surface area contributed by atoms with E-state index < -0.39 is 0 Å². The summed E-state index contributed by atoms with van der Waals surface area (Å²) in [6, 6.07) is 0. The molecule has 2 rings (SSSR count). The van der Waals surface area contributed by atoms with E-state index in [1.54, 1.807) is 17.7 Å². The van der Waals surface area contributed by atoms with Gasteiger partial charge in [0.25, 0.3) is 0 Å². The Kier molecular flexibility index (Phi) is 3.82. The van der Waals surface area contributed by atoms with Gasteiger partial charge in [-0.1, -0.05) is 13.8 Å². The van der Waals surface area contributed by atoms with E-state index in [2.05, 4.69) is 29.2 Å². The van der Waals surface area contributed by atoms with Crippen molar-refractivity contribution in [3.8, 4) is 5.88 Å². The van der Waals surface area contributed by atoms with Crippen LogP contribution in [-0.4, -0.2) is 22.1 Å². The molecule has 0 aliphatic heterocycles. The summed E-state index contributed by atoms with van der Waals surface area (Å²) >= 11 is 1.62. The average Bonchev–Trinajstić information content (AvgIpc) is 2.78. The first-order valence-corrected chi connectivity index (χ1v) is 7.08. The summed E-state index contributed by atoms with van der Waals surface area (Å²) in [4.78, 5) is 8.49. The second kappa shape index (κ2) is 5.20. The lowest BCUT2D eigenvalue weighted by Gasteiger charge is -2.26. The molecular formula is C13H19N3OS. The van der Waals surface area contributed by atoms with Crippen molar-refractivity contribution in [2.75, 3.05) is 6.61 Å². The van der Waals surface area contributed by atoms with Crippen LogP contribution < -0.4 is 10.5 Å². The van der Waals surface area contributed by atoms with Gasteiger partial charge in [0.1, 0.15) is 17.6 Å². The molecular weight excluding hydrogens is 246 g/mol. The molecule has 2 N–H and O–H groups in total. The third-order valence-electron chi connectivity index (χ3n) is 3.40. The van der Waals surface area contributed by atoms with E-state index in [0.717, 1.165) is 28.6 Å². The van der Waals surface area contributed by atoms with E-state index >= 15 is 0 Å². The SMILES string of the molecule is CCC(N)(CC)COc1ncnc2c(C)csc12. The van der Waals surface area contributed by atoms with Gasteiger partial charge in [-0.05, 0) is 30.7 Å². The first-order chi connectivity index (χ1) is 8.59. The minimum atomic E-state index is -0.274. The maximum atomic E-state index is 6.23. The third kappa shape index (κ3) is 2.47. The molecule has 18 heavy (non-hydrogen) atoms. The van der Waals surface area contributed by atoms with Crippen LogP contribution >= 0.6 is 11.3 Å². The molecule has 2 aromatic heterocycles. The number of rotatable bonds is 5. The lowest BCUT2D eigenvalue weighted by molar-refractivity contribution is 0.203. The summed E-state index contributed by atoms with van der Waals surface area (Å²) in [7, 11) is 0. The van der Waals surface area contributed by atoms with Crippen molar-refractivity contribution in [3.63, 3.8) is 0 Å². The number of nitrogens with two attached hydrogens (primary N) is 1. The van der Waals surface area contributed by atoms with Crippen LogP contribution in [-0.2, 0) is 0 Å². The van der Waals surface area contributed by atoms with Gasteiger partial charge in [0.15, 0.2) is 0 Å². The number of aromatic nitrogens is 2. The fourth-order valence-electron chi connectivity index (χ4n) is 1.72. The molecule has 5 heteroatoms. The molecule has 0 aromatic carbocycles. The van der Waals surface area contributed by atoms with Crippen LogP contribution in [0, 0.1) is 6.92 Å². The Morgan fingerprint density at radius 3 is 2.72 bits per heavy atom. The van der Waals surface area contributed by atoms with Gasteiger partial charge >= 0.3 is 0 Å². The van der Waals surface area contributed by atoms with E-state index in [4.69, 9.17) is 10.5 Å². The van der Waals surface area contributed by atoms with E-state index in [0.29, 0.717) is 12.5 Å².